The molecule has 0 spiro atoms. The van der Waals surface area contributed by atoms with Gasteiger partial charge >= 0.3 is 0 Å². The number of ether oxygens (including phenoxy) is 2. The summed E-state index contributed by atoms with van der Waals surface area (Å²) >= 11 is 3.62. The van der Waals surface area contributed by atoms with Crippen LogP contribution >= 0.6 is 15.9 Å². The molecule has 0 aliphatic carbocycles. The van der Waals surface area contributed by atoms with Crippen LogP contribution in [0.4, 0.5) is 0 Å². The number of nitrogens with one attached hydrogen (secondary N) is 1. The largest absolute Gasteiger partial charge is 0.497 e. The summed E-state index contributed by atoms with van der Waals surface area (Å²) in [6.07, 6.45) is 2.20. The van der Waals surface area contributed by atoms with Crippen LogP contribution in [-0.4, -0.2) is 33.9 Å². The zero-order valence-electron chi connectivity index (χ0n) is 13.0. The molecule has 0 saturated heterocycles. The maximum Gasteiger partial charge on any atom is 0.120 e. The van der Waals surface area contributed by atoms with Crippen LogP contribution in [0.5, 0.6) is 5.75 Å². The summed E-state index contributed by atoms with van der Waals surface area (Å²) in [5, 5.41) is 3.44. The molecule has 0 bridgehead atoms. The highest BCUT2D eigenvalue weighted by Crippen LogP contribution is 2.28. The summed E-state index contributed by atoms with van der Waals surface area (Å²) in [6, 6.07) is 6.18. The number of methoxy groups -OCH3 is 2. The summed E-state index contributed by atoms with van der Waals surface area (Å²) in [5.74, 6) is 0.890. The molecule has 0 fully saturated rings. The van der Waals surface area contributed by atoms with Crippen molar-refractivity contribution in [3.63, 3.8) is 0 Å². The summed E-state index contributed by atoms with van der Waals surface area (Å²) in [6.45, 7) is 7.27. The van der Waals surface area contributed by atoms with Crippen LogP contribution in [0.2, 0.25) is 0 Å². The first-order valence-electron chi connectivity index (χ1n) is 7.00. The molecular formula is C16H26BrNO2. The zero-order valence-corrected chi connectivity index (χ0v) is 14.5. The Morgan fingerprint density at radius 2 is 2.00 bits per heavy atom. The van der Waals surface area contributed by atoms with E-state index >= 15 is 0 Å². The van der Waals surface area contributed by atoms with Crippen LogP contribution < -0.4 is 10.1 Å². The normalized spacial score (nSPS) is 11.7. The Morgan fingerprint density at radius 3 is 2.60 bits per heavy atom. The molecule has 1 N–H and O–H groups in total. The van der Waals surface area contributed by atoms with Gasteiger partial charge in [0.1, 0.15) is 5.75 Å². The maximum atomic E-state index is 5.22. The summed E-state index contributed by atoms with van der Waals surface area (Å²) in [5.41, 5.74) is 1.60. The van der Waals surface area contributed by atoms with Crippen molar-refractivity contribution in [2.24, 2.45) is 5.41 Å². The lowest BCUT2D eigenvalue weighted by atomic mass is 9.86. The second kappa shape index (κ2) is 8.65. The van der Waals surface area contributed by atoms with Gasteiger partial charge in [-0.3, -0.25) is 0 Å². The molecule has 0 heterocycles. The Bertz CT molecular complexity index is 407. The SMILES string of the molecule is COCCNCC(C)(C)CCc1ccc(OC)cc1Br. The molecule has 1 aromatic carbocycles. The molecule has 0 unspecified atom stereocenters. The molecule has 114 valence electrons. The van der Waals surface area contributed by atoms with Crippen molar-refractivity contribution in [3.05, 3.63) is 28.2 Å². The first kappa shape index (κ1) is 17.5. The van der Waals surface area contributed by atoms with Gasteiger partial charge in [-0.1, -0.05) is 35.8 Å². The van der Waals surface area contributed by atoms with Crippen molar-refractivity contribution < 1.29 is 9.47 Å². The van der Waals surface area contributed by atoms with E-state index in [1.165, 1.54) is 5.56 Å². The quantitative estimate of drug-likeness (QED) is 0.694. The number of hydrogen-bond donors (Lipinski definition) is 1. The maximum absolute atomic E-state index is 5.22. The second-order valence-corrected chi connectivity index (χ2v) is 6.65. The fourth-order valence-electron chi connectivity index (χ4n) is 2.02. The summed E-state index contributed by atoms with van der Waals surface area (Å²) in [4.78, 5) is 0. The van der Waals surface area contributed by atoms with Gasteiger partial charge in [-0.05, 0) is 36.0 Å². The Morgan fingerprint density at radius 1 is 1.25 bits per heavy atom. The number of benzene rings is 1. The molecule has 0 aromatic heterocycles. The van der Waals surface area contributed by atoms with Crippen molar-refractivity contribution in [2.45, 2.75) is 26.7 Å². The second-order valence-electron chi connectivity index (χ2n) is 5.79. The molecule has 0 aliphatic rings. The predicted molar refractivity (Wildman–Crippen MR) is 87.5 cm³/mol. The molecule has 0 aliphatic heterocycles. The van der Waals surface area contributed by atoms with Gasteiger partial charge < -0.3 is 14.8 Å². The molecule has 1 rings (SSSR count). The van der Waals surface area contributed by atoms with Crippen LogP contribution in [0.25, 0.3) is 0 Å². The lowest BCUT2D eigenvalue weighted by molar-refractivity contribution is 0.193. The first-order valence-corrected chi connectivity index (χ1v) is 7.80. The molecular weight excluding hydrogens is 318 g/mol. The smallest absolute Gasteiger partial charge is 0.120 e. The summed E-state index contributed by atoms with van der Waals surface area (Å²) < 4.78 is 11.4. The van der Waals surface area contributed by atoms with Gasteiger partial charge in [0.2, 0.25) is 0 Å². The van der Waals surface area contributed by atoms with E-state index < -0.39 is 0 Å². The van der Waals surface area contributed by atoms with Crippen molar-refractivity contribution in [3.8, 4) is 5.75 Å². The number of aryl methyl sites for hydroxylation is 1. The van der Waals surface area contributed by atoms with Gasteiger partial charge in [-0.15, -0.1) is 0 Å². The Labute approximate surface area is 131 Å². The van der Waals surface area contributed by atoms with Gasteiger partial charge in [0.25, 0.3) is 0 Å². The lowest BCUT2D eigenvalue weighted by Crippen LogP contribution is -2.32. The van der Waals surface area contributed by atoms with Crippen LogP contribution in [0.1, 0.15) is 25.8 Å². The van der Waals surface area contributed by atoms with Gasteiger partial charge in [0, 0.05) is 24.7 Å². The van der Waals surface area contributed by atoms with E-state index in [4.69, 9.17) is 9.47 Å². The van der Waals surface area contributed by atoms with Crippen LogP contribution in [0, 0.1) is 5.41 Å². The highest BCUT2D eigenvalue weighted by Gasteiger charge is 2.17. The van der Waals surface area contributed by atoms with E-state index in [1.54, 1.807) is 14.2 Å². The van der Waals surface area contributed by atoms with E-state index in [9.17, 15) is 0 Å². The fraction of sp³-hybridized carbons (Fsp3) is 0.625. The van der Waals surface area contributed by atoms with E-state index in [-0.39, 0.29) is 5.41 Å². The Balaban J connectivity index is 2.44. The Kier molecular flexibility index (Phi) is 7.56. The molecule has 0 amide bonds. The third-order valence-corrected chi connectivity index (χ3v) is 4.16. The highest BCUT2D eigenvalue weighted by atomic mass is 79.9. The van der Waals surface area contributed by atoms with Crippen LogP contribution in [0.15, 0.2) is 22.7 Å². The van der Waals surface area contributed by atoms with Crippen molar-refractivity contribution in [1.82, 2.24) is 5.32 Å². The van der Waals surface area contributed by atoms with Crippen molar-refractivity contribution >= 4 is 15.9 Å². The molecule has 3 nitrogen and oxygen atoms in total. The molecule has 1 aromatic rings. The number of hydrogen-bond acceptors (Lipinski definition) is 3. The third-order valence-electron chi connectivity index (χ3n) is 3.42. The Hall–Kier alpha value is -0.580. The van der Waals surface area contributed by atoms with Crippen LogP contribution in [0.3, 0.4) is 0 Å². The molecule has 0 saturated carbocycles. The standard InChI is InChI=1S/C16H26BrNO2/c1-16(2,12-18-9-10-19-3)8-7-13-5-6-14(20-4)11-15(13)17/h5-6,11,18H,7-10,12H2,1-4H3. The minimum absolute atomic E-state index is 0.271. The van der Waals surface area contributed by atoms with Gasteiger partial charge in [-0.25, -0.2) is 0 Å². The number of rotatable bonds is 9. The van der Waals surface area contributed by atoms with Crippen molar-refractivity contribution in [1.29, 1.82) is 0 Å². The van der Waals surface area contributed by atoms with Crippen LogP contribution in [-0.2, 0) is 11.2 Å². The zero-order chi connectivity index (χ0) is 15.0. The molecule has 20 heavy (non-hydrogen) atoms. The highest BCUT2D eigenvalue weighted by molar-refractivity contribution is 9.10. The van der Waals surface area contributed by atoms with Gasteiger partial charge in [-0.2, -0.15) is 0 Å². The van der Waals surface area contributed by atoms with Crippen molar-refractivity contribution in [2.75, 3.05) is 33.9 Å². The minimum atomic E-state index is 0.271. The fourth-order valence-corrected chi connectivity index (χ4v) is 2.58. The van der Waals surface area contributed by atoms with E-state index in [2.05, 4.69) is 41.2 Å². The number of halogens is 1. The molecule has 0 atom stereocenters. The van der Waals surface area contributed by atoms with E-state index in [0.717, 1.165) is 42.8 Å². The summed E-state index contributed by atoms with van der Waals surface area (Å²) in [7, 11) is 3.42. The monoisotopic (exact) mass is 343 g/mol. The third kappa shape index (κ3) is 6.25. The topological polar surface area (TPSA) is 30.5 Å². The molecule has 0 radical (unpaired) electrons. The molecule has 4 heteroatoms. The minimum Gasteiger partial charge on any atom is -0.497 e. The van der Waals surface area contributed by atoms with E-state index in [0.29, 0.717) is 0 Å². The average Bonchev–Trinajstić information content (AvgIpc) is 2.42. The van der Waals surface area contributed by atoms with E-state index in [1.807, 2.05) is 12.1 Å². The first-order chi connectivity index (χ1) is 9.48. The average molecular weight is 344 g/mol. The van der Waals surface area contributed by atoms with Gasteiger partial charge in [0.05, 0.1) is 13.7 Å². The predicted octanol–water partition coefficient (Wildman–Crippen LogP) is 3.65. The lowest BCUT2D eigenvalue weighted by Gasteiger charge is -2.25. The van der Waals surface area contributed by atoms with Gasteiger partial charge in [0.15, 0.2) is 0 Å².